The summed E-state index contributed by atoms with van der Waals surface area (Å²) in [5.74, 6) is -1.32. The SMILES string of the molecule is O=C(O[C@@H]1CCCC[C@H]1Br)C(=O)c1ccccc1. The summed E-state index contributed by atoms with van der Waals surface area (Å²) in [6, 6.07) is 8.51. The molecule has 96 valence electrons. The van der Waals surface area contributed by atoms with Crippen LogP contribution in [0.25, 0.3) is 0 Å². The van der Waals surface area contributed by atoms with E-state index in [0.717, 1.165) is 25.7 Å². The molecule has 0 heterocycles. The molecule has 1 aromatic carbocycles. The van der Waals surface area contributed by atoms with Crippen molar-refractivity contribution >= 4 is 27.7 Å². The molecule has 0 spiro atoms. The van der Waals surface area contributed by atoms with Crippen molar-refractivity contribution in [1.82, 2.24) is 0 Å². The zero-order valence-electron chi connectivity index (χ0n) is 9.97. The molecule has 0 aliphatic heterocycles. The van der Waals surface area contributed by atoms with Gasteiger partial charge in [0.25, 0.3) is 5.78 Å². The summed E-state index contributed by atoms with van der Waals surface area (Å²) in [7, 11) is 0. The number of alkyl halides is 1. The zero-order valence-corrected chi connectivity index (χ0v) is 11.6. The number of hydrogen-bond acceptors (Lipinski definition) is 3. The molecule has 1 saturated carbocycles. The van der Waals surface area contributed by atoms with Gasteiger partial charge in [0.05, 0.1) is 4.83 Å². The van der Waals surface area contributed by atoms with E-state index < -0.39 is 11.8 Å². The Balaban J connectivity index is 1.97. The summed E-state index contributed by atoms with van der Waals surface area (Å²) >= 11 is 3.50. The minimum atomic E-state index is -0.752. The van der Waals surface area contributed by atoms with Crippen LogP contribution in [0.1, 0.15) is 36.0 Å². The van der Waals surface area contributed by atoms with Crippen LogP contribution in [0.5, 0.6) is 0 Å². The molecule has 1 aliphatic carbocycles. The number of benzene rings is 1. The first-order valence-corrected chi connectivity index (χ1v) is 7.04. The van der Waals surface area contributed by atoms with Crippen LogP contribution in [0, 0.1) is 0 Å². The van der Waals surface area contributed by atoms with Crippen molar-refractivity contribution in [3.8, 4) is 0 Å². The van der Waals surface area contributed by atoms with Crippen molar-refractivity contribution in [1.29, 1.82) is 0 Å². The Morgan fingerprint density at radius 2 is 1.78 bits per heavy atom. The number of ketones is 1. The molecule has 4 heteroatoms. The Morgan fingerprint density at radius 1 is 1.11 bits per heavy atom. The maximum absolute atomic E-state index is 11.8. The van der Waals surface area contributed by atoms with Gasteiger partial charge < -0.3 is 4.74 Å². The molecule has 0 unspecified atom stereocenters. The Hall–Kier alpha value is -1.16. The topological polar surface area (TPSA) is 43.4 Å². The van der Waals surface area contributed by atoms with Crippen LogP contribution in [0.15, 0.2) is 30.3 Å². The van der Waals surface area contributed by atoms with Crippen LogP contribution in [-0.4, -0.2) is 22.7 Å². The lowest BCUT2D eigenvalue weighted by Crippen LogP contribution is -2.33. The number of hydrogen-bond donors (Lipinski definition) is 0. The van der Waals surface area contributed by atoms with Gasteiger partial charge in [0, 0.05) is 5.56 Å². The molecule has 0 saturated heterocycles. The van der Waals surface area contributed by atoms with Gasteiger partial charge in [-0.15, -0.1) is 0 Å². The fraction of sp³-hybridized carbons (Fsp3) is 0.429. The van der Waals surface area contributed by atoms with Crippen molar-refractivity contribution in [2.45, 2.75) is 36.6 Å². The molecule has 1 aromatic rings. The Labute approximate surface area is 115 Å². The van der Waals surface area contributed by atoms with Gasteiger partial charge in [0.1, 0.15) is 6.10 Å². The molecule has 1 aliphatic rings. The van der Waals surface area contributed by atoms with Crippen LogP contribution in [0.2, 0.25) is 0 Å². The highest BCUT2D eigenvalue weighted by molar-refractivity contribution is 9.09. The molecule has 0 bridgehead atoms. The minimum absolute atomic E-state index is 0.166. The van der Waals surface area contributed by atoms with Crippen LogP contribution in [-0.2, 0) is 9.53 Å². The molecule has 0 aromatic heterocycles. The van der Waals surface area contributed by atoms with Crippen molar-refractivity contribution in [3.63, 3.8) is 0 Å². The van der Waals surface area contributed by atoms with Crippen LogP contribution in [0.4, 0.5) is 0 Å². The lowest BCUT2D eigenvalue weighted by molar-refractivity contribution is -0.144. The average molecular weight is 311 g/mol. The van der Waals surface area contributed by atoms with Crippen molar-refractivity contribution in [2.75, 3.05) is 0 Å². The summed E-state index contributed by atoms with van der Waals surface area (Å²) < 4.78 is 5.28. The zero-order chi connectivity index (χ0) is 13.0. The Morgan fingerprint density at radius 3 is 2.44 bits per heavy atom. The van der Waals surface area contributed by atoms with E-state index in [0.29, 0.717) is 5.56 Å². The van der Waals surface area contributed by atoms with Crippen LogP contribution < -0.4 is 0 Å². The second-order valence-corrected chi connectivity index (χ2v) is 5.62. The van der Waals surface area contributed by atoms with Gasteiger partial charge in [-0.1, -0.05) is 52.7 Å². The van der Waals surface area contributed by atoms with Crippen molar-refractivity contribution in [3.05, 3.63) is 35.9 Å². The predicted molar refractivity (Wildman–Crippen MR) is 71.8 cm³/mol. The second kappa shape index (κ2) is 6.14. The number of carbonyl (C=O) groups excluding carboxylic acids is 2. The normalized spacial score (nSPS) is 23.4. The van der Waals surface area contributed by atoms with E-state index in [9.17, 15) is 9.59 Å². The summed E-state index contributed by atoms with van der Waals surface area (Å²) in [5.41, 5.74) is 0.379. The standard InChI is InChI=1S/C14H15BrO3/c15-11-8-4-5-9-12(11)18-14(17)13(16)10-6-2-1-3-7-10/h1-3,6-7,11-12H,4-5,8-9H2/t11-,12-/m1/s1. The van der Waals surface area contributed by atoms with E-state index >= 15 is 0 Å². The molecule has 0 N–H and O–H groups in total. The second-order valence-electron chi connectivity index (χ2n) is 4.44. The van der Waals surface area contributed by atoms with Gasteiger partial charge in [0.2, 0.25) is 0 Å². The van der Waals surface area contributed by atoms with Crippen molar-refractivity contribution < 1.29 is 14.3 Å². The van der Waals surface area contributed by atoms with E-state index in [1.165, 1.54) is 0 Å². The summed E-state index contributed by atoms with van der Waals surface area (Å²) in [4.78, 5) is 23.8. The molecule has 0 amide bonds. The van der Waals surface area contributed by atoms with E-state index in [1.54, 1.807) is 30.3 Å². The third kappa shape index (κ3) is 3.19. The highest BCUT2D eigenvalue weighted by atomic mass is 79.9. The number of Topliss-reactive ketones (excluding diaryl/α,β-unsaturated/α-hetero) is 1. The first-order chi connectivity index (χ1) is 8.68. The first kappa shape index (κ1) is 13.3. The van der Waals surface area contributed by atoms with E-state index in [1.807, 2.05) is 0 Å². The molecule has 3 nitrogen and oxygen atoms in total. The number of carbonyl (C=O) groups is 2. The maximum atomic E-state index is 11.8. The van der Waals surface area contributed by atoms with Gasteiger partial charge in [-0.2, -0.15) is 0 Å². The first-order valence-electron chi connectivity index (χ1n) is 6.13. The number of ether oxygens (including phenoxy) is 1. The lowest BCUT2D eigenvalue weighted by Gasteiger charge is -2.26. The molecule has 0 radical (unpaired) electrons. The number of rotatable bonds is 3. The van der Waals surface area contributed by atoms with Gasteiger partial charge in [-0.05, 0) is 19.3 Å². The third-order valence-corrected chi connectivity index (χ3v) is 4.15. The Kier molecular flexibility index (Phi) is 4.53. The molecule has 2 atom stereocenters. The number of esters is 1. The summed E-state index contributed by atoms with van der Waals surface area (Å²) in [6.07, 6.45) is 3.80. The third-order valence-electron chi connectivity index (χ3n) is 3.10. The van der Waals surface area contributed by atoms with Crippen LogP contribution >= 0.6 is 15.9 Å². The van der Waals surface area contributed by atoms with Gasteiger partial charge in [0.15, 0.2) is 0 Å². The summed E-state index contributed by atoms with van der Waals surface area (Å²) in [5, 5.41) is 0. The highest BCUT2D eigenvalue weighted by Crippen LogP contribution is 2.27. The monoisotopic (exact) mass is 310 g/mol. The van der Waals surface area contributed by atoms with E-state index in [-0.39, 0.29) is 10.9 Å². The minimum Gasteiger partial charge on any atom is -0.455 e. The number of halogens is 1. The lowest BCUT2D eigenvalue weighted by atomic mass is 9.97. The smallest absolute Gasteiger partial charge is 0.379 e. The fourth-order valence-corrected chi connectivity index (χ4v) is 2.78. The highest BCUT2D eigenvalue weighted by Gasteiger charge is 2.28. The summed E-state index contributed by atoms with van der Waals surface area (Å²) in [6.45, 7) is 0. The molecule has 2 rings (SSSR count). The van der Waals surface area contributed by atoms with Gasteiger partial charge in [-0.25, -0.2) is 4.79 Å². The predicted octanol–water partition coefficient (Wildman–Crippen LogP) is 3.12. The molecular weight excluding hydrogens is 296 g/mol. The van der Waals surface area contributed by atoms with Crippen molar-refractivity contribution in [2.24, 2.45) is 0 Å². The molecule has 18 heavy (non-hydrogen) atoms. The average Bonchev–Trinajstić information content (AvgIpc) is 2.41. The van der Waals surface area contributed by atoms with Gasteiger partial charge in [-0.3, -0.25) is 4.79 Å². The van der Waals surface area contributed by atoms with Gasteiger partial charge >= 0.3 is 5.97 Å². The molecular formula is C14H15BrO3. The quantitative estimate of drug-likeness (QED) is 0.373. The van der Waals surface area contributed by atoms with E-state index in [4.69, 9.17) is 4.74 Å². The Bertz CT molecular complexity index is 430. The molecule has 1 fully saturated rings. The maximum Gasteiger partial charge on any atom is 0.379 e. The fourth-order valence-electron chi connectivity index (χ4n) is 2.08. The van der Waals surface area contributed by atoms with E-state index in [2.05, 4.69) is 15.9 Å². The largest absolute Gasteiger partial charge is 0.455 e. The van der Waals surface area contributed by atoms with Crippen LogP contribution in [0.3, 0.4) is 0 Å².